The van der Waals surface area contributed by atoms with Crippen molar-refractivity contribution in [3.63, 3.8) is 0 Å². The molecule has 7 heteroatoms. The van der Waals surface area contributed by atoms with Crippen molar-refractivity contribution in [1.82, 2.24) is 4.98 Å². The van der Waals surface area contributed by atoms with Crippen molar-refractivity contribution >= 4 is 38.5 Å². The zero-order chi connectivity index (χ0) is 13.8. The Labute approximate surface area is 112 Å². The Morgan fingerprint density at radius 1 is 1.58 bits per heavy atom. The van der Waals surface area contributed by atoms with Gasteiger partial charge in [-0.1, -0.05) is 12.7 Å². The van der Waals surface area contributed by atoms with Gasteiger partial charge in [0.2, 0.25) is 0 Å². The Morgan fingerprint density at radius 2 is 2.37 bits per heavy atom. The van der Waals surface area contributed by atoms with Gasteiger partial charge in [0.1, 0.15) is 17.2 Å². The monoisotopic (exact) mass is 278 g/mol. The van der Waals surface area contributed by atoms with Crippen molar-refractivity contribution < 1.29 is 19.4 Å². The summed E-state index contributed by atoms with van der Waals surface area (Å²) in [5.41, 5.74) is 0.0398. The molecule has 2 N–H and O–H groups in total. The van der Waals surface area contributed by atoms with Gasteiger partial charge < -0.3 is 9.84 Å². The number of nitrogens with zero attached hydrogens (tertiary/aromatic N) is 1. The number of thiophene rings is 1. The summed E-state index contributed by atoms with van der Waals surface area (Å²) in [7, 11) is 0. The fourth-order valence-electron chi connectivity index (χ4n) is 1.51. The number of ether oxygens (including phenoxy) is 1. The van der Waals surface area contributed by atoms with E-state index in [9.17, 15) is 14.7 Å². The molecule has 0 bridgehead atoms. The van der Waals surface area contributed by atoms with Gasteiger partial charge in [-0.25, -0.2) is 9.59 Å². The van der Waals surface area contributed by atoms with Gasteiger partial charge in [0, 0.05) is 17.8 Å². The number of hydrogen-bond donors (Lipinski definition) is 2. The molecule has 19 heavy (non-hydrogen) atoms. The molecule has 6 nitrogen and oxygen atoms in total. The van der Waals surface area contributed by atoms with Crippen LogP contribution in [0, 0.1) is 0 Å². The number of carboxylic acids is 1. The molecule has 98 valence electrons. The smallest absolute Gasteiger partial charge is 0.412 e. The molecule has 0 saturated heterocycles. The van der Waals surface area contributed by atoms with Crippen LogP contribution in [0.2, 0.25) is 0 Å². The molecule has 0 radical (unpaired) electrons. The van der Waals surface area contributed by atoms with Crippen LogP contribution < -0.4 is 5.32 Å². The fourth-order valence-corrected chi connectivity index (χ4v) is 2.56. The van der Waals surface area contributed by atoms with Crippen molar-refractivity contribution in [1.29, 1.82) is 0 Å². The lowest BCUT2D eigenvalue weighted by Crippen LogP contribution is -2.14. The van der Waals surface area contributed by atoms with Gasteiger partial charge in [-0.15, -0.1) is 11.3 Å². The molecule has 2 aromatic heterocycles. The van der Waals surface area contributed by atoms with Gasteiger partial charge in [0.05, 0.1) is 4.70 Å². The van der Waals surface area contributed by atoms with E-state index in [1.807, 2.05) is 0 Å². The summed E-state index contributed by atoms with van der Waals surface area (Å²) in [6, 6.07) is 1.59. The van der Waals surface area contributed by atoms with Crippen LogP contribution in [-0.2, 0) is 4.74 Å². The third-order valence-electron chi connectivity index (χ3n) is 2.25. The van der Waals surface area contributed by atoms with Gasteiger partial charge in [-0.3, -0.25) is 10.3 Å². The Kier molecular flexibility index (Phi) is 3.76. The normalized spacial score (nSPS) is 10.1. The number of nitrogens with one attached hydrogen (secondary N) is 1. The Hall–Kier alpha value is -2.41. The predicted molar refractivity (Wildman–Crippen MR) is 71.7 cm³/mol. The third kappa shape index (κ3) is 2.71. The number of rotatable bonds is 4. The largest absolute Gasteiger partial charge is 0.478 e. The molecule has 0 aliphatic carbocycles. The summed E-state index contributed by atoms with van der Waals surface area (Å²) in [6.45, 7) is 3.47. The first-order valence-electron chi connectivity index (χ1n) is 5.28. The van der Waals surface area contributed by atoms with Crippen LogP contribution in [0.15, 0.2) is 31.1 Å². The van der Waals surface area contributed by atoms with E-state index in [1.54, 1.807) is 12.3 Å². The highest BCUT2D eigenvalue weighted by Gasteiger charge is 2.20. The van der Waals surface area contributed by atoms with Crippen molar-refractivity contribution in [2.45, 2.75) is 0 Å². The summed E-state index contributed by atoms with van der Waals surface area (Å²) in [4.78, 5) is 26.6. The number of carbonyl (C=O) groups excluding carboxylic acids is 1. The fraction of sp³-hybridized carbons (Fsp3) is 0.0833. The van der Waals surface area contributed by atoms with E-state index in [4.69, 9.17) is 4.74 Å². The maximum atomic E-state index is 11.4. The van der Waals surface area contributed by atoms with Gasteiger partial charge in [-0.05, 0) is 6.07 Å². The molecule has 0 spiro atoms. The van der Waals surface area contributed by atoms with Gasteiger partial charge in [0.25, 0.3) is 0 Å². The Morgan fingerprint density at radius 3 is 3.05 bits per heavy atom. The number of amides is 1. The Balaban J connectivity index is 2.36. The first-order valence-corrected chi connectivity index (χ1v) is 6.09. The molecule has 0 aliphatic heterocycles. The summed E-state index contributed by atoms with van der Waals surface area (Å²) in [5, 5.41) is 12.4. The summed E-state index contributed by atoms with van der Waals surface area (Å²) in [6.07, 6.45) is 3.75. The molecule has 0 saturated carbocycles. The second-order valence-corrected chi connectivity index (χ2v) is 4.55. The number of aromatic nitrogens is 1. The zero-order valence-corrected chi connectivity index (χ0v) is 10.6. The SMILES string of the molecule is C=CCOC(=O)Nc1sc2cnccc2c1C(=O)O. The topological polar surface area (TPSA) is 88.5 Å². The highest BCUT2D eigenvalue weighted by atomic mass is 32.1. The predicted octanol–water partition coefficient (Wildman–Crippen LogP) is 2.73. The van der Waals surface area contributed by atoms with E-state index in [1.165, 1.54) is 12.3 Å². The van der Waals surface area contributed by atoms with E-state index in [-0.39, 0.29) is 17.2 Å². The molecule has 0 unspecified atom stereocenters. The molecule has 0 fully saturated rings. The quantitative estimate of drug-likeness (QED) is 0.839. The molecule has 0 atom stereocenters. The molecular weight excluding hydrogens is 268 g/mol. The molecule has 1 amide bonds. The van der Waals surface area contributed by atoms with Crippen molar-refractivity contribution in [3.05, 3.63) is 36.7 Å². The maximum Gasteiger partial charge on any atom is 0.412 e. The van der Waals surface area contributed by atoms with Gasteiger partial charge in [0.15, 0.2) is 0 Å². The second kappa shape index (κ2) is 5.49. The second-order valence-electron chi connectivity index (χ2n) is 3.50. The molecular formula is C12H10N2O4S. The van der Waals surface area contributed by atoms with Crippen molar-refractivity contribution in [2.24, 2.45) is 0 Å². The number of pyridine rings is 1. The van der Waals surface area contributed by atoms with E-state index in [0.717, 1.165) is 11.3 Å². The molecule has 2 aromatic rings. The minimum atomic E-state index is -1.11. The zero-order valence-electron chi connectivity index (χ0n) is 9.75. The van der Waals surface area contributed by atoms with Crippen LogP contribution in [0.5, 0.6) is 0 Å². The minimum absolute atomic E-state index is 0.0398. The summed E-state index contributed by atoms with van der Waals surface area (Å²) < 4.78 is 5.44. The van der Waals surface area contributed by atoms with Crippen LogP contribution in [0.25, 0.3) is 10.1 Å². The van der Waals surface area contributed by atoms with Gasteiger partial charge >= 0.3 is 12.1 Å². The van der Waals surface area contributed by atoms with Crippen LogP contribution in [0.1, 0.15) is 10.4 Å². The lowest BCUT2D eigenvalue weighted by atomic mass is 10.2. The van der Waals surface area contributed by atoms with Crippen LogP contribution >= 0.6 is 11.3 Å². The number of hydrogen-bond acceptors (Lipinski definition) is 5. The molecule has 0 aliphatic rings. The minimum Gasteiger partial charge on any atom is -0.478 e. The summed E-state index contributed by atoms with van der Waals surface area (Å²) >= 11 is 1.13. The molecule has 2 rings (SSSR count). The first-order chi connectivity index (χ1) is 9.13. The number of fused-ring (bicyclic) bond motifs is 1. The van der Waals surface area contributed by atoms with Gasteiger partial charge in [-0.2, -0.15) is 0 Å². The van der Waals surface area contributed by atoms with Crippen molar-refractivity contribution in [2.75, 3.05) is 11.9 Å². The molecule has 2 heterocycles. The van der Waals surface area contributed by atoms with E-state index >= 15 is 0 Å². The highest BCUT2D eigenvalue weighted by molar-refractivity contribution is 7.23. The van der Waals surface area contributed by atoms with Crippen LogP contribution in [0.3, 0.4) is 0 Å². The lowest BCUT2D eigenvalue weighted by Gasteiger charge is -2.03. The third-order valence-corrected chi connectivity index (χ3v) is 3.31. The lowest BCUT2D eigenvalue weighted by molar-refractivity contribution is 0.0700. The van der Waals surface area contributed by atoms with E-state index in [2.05, 4.69) is 16.9 Å². The number of anilines is 1. The average molecular weight is 278 g/mol. The maximum absolute atomic E-state index is 11.4. The average Bonchev–Trinajstić information content (AvgIpc) is 2.74. The molecule has 0 aromatic carbocycles. The summed E-state index contributed by atoms with van der Waals surface area (Å²) in [5.74, 6) is -1.11. The number of carbonyl (C=O) groups is 2. The Bertz CT molecular complexity index is 650. The van der Waals surface area contributed by atoms with Crippen LogP contribution in [0.4, 0.5) is 9.80 Å². The number of aromatic carboxylic acids is 1. The van der Waals surface area contributed by atoms with Crippen LogP contribution in [-0.4, -0.2) is 28.8 Å². The van der Waals surface area contributed by atoms with Crippen molar-refractivity contribution in [3.8, 4) is 0 Å². The van der Waals surface area contributed by atoms with E-state index < -0.39 is 12.1 Å². The number of carboxylic acid groups (broad SMARTS) is 1. The standard InChI is InChI=1S/C12H10N2O4S/c1-2-5-18-12(17)14-10-9(11(15)16)7-3-4-13-6-8(7)19-10/h2-4,6H,1,5H2,(H,14,17)(H,15,16). The first kappa shape index (κ1) is 13.0. The highest BCUT2D eigenvalue weighted by Crippen LogP contribution is 2.35. The van der Waals surface area contributed by atoms with E-state index in [0.29, 0.717) is 10.1 Å².